The molecule has 0 unspecified atom stereocenters. The zero-order chi connectivity index (χ0) is 25.4. The average molecular weight is 519 g/mol. The third-order valence-electron chi connectivity index (χ3n) is 4.95. The van der Waals surface area contributed by atoms with Crippen molar-refractivity contribution in [1.29, 1.82) is 0 Å². The van der Waals surface area contributed by atoms with Crippen molar-refractivity contribution >= 4 is 33.3 Å². The average Bonchev–Trinajstić information content (AvgIpc) is 2.82. The van der Waals surface area contributed by atoms with Crippen molar-refractivity contribution in [3.05, 3.63) is 76.9 Å². The maximum absolute atomic E-state index is 12.7. The predicted octanol–water partition coefficient (Wildman–Crippen LogP) is 5.00. The molecule has 1 heterocycles. The Morgan fingerprint density at radius 1 is 1.09 bits per heavy atom. The van der Waals surface area contributed by atoms with E-state index < -0.39 is 10.1 Å². The summed E-state index contributed by atoms with van der Waals surface area (Å²) in [5.41, 5.74) is 2.30. The quantitative estimate of drug-likeness (QED) is 0.260. The summed E-state index contributed by atoms with van der Waals surface area (Å²) in [6.07, 6.45) is 3.36. The molecular weight excluding hydrogens is 492 g/mol. The highest BCUT2D eigenvalue weighted by atomic mass is 35.5. The minimum atomic E-state index is -3.56. The van der Waals surface area contributed by atoms with Crippen molar-refractivity contribution in [3.8, 4) is 17.4 Å². The maximum atomic E-state index is 12.7. The molecule has 186 valence electrons. The van der Waals surface area contributed by atoms with E-state index >= 15 is 0 Å². The lowest BCUT2D eigenvalue weighted by Crippen LogP contribution is -2.28. The highest BCUT2D eigenvalue weighted by Gasteiger charge is 2.20. The lowest BCUT2D eigenvalue weighted by atomic mass is 10.1. The van der Waals surface area contributed by atoms with Crippen LogP contribution in [-0.2, 0) is 32.1 Å². The van der Waals surface area contributed by atoms with Crippen LogP contribution in [0.4, 0.5) is 5.69 Å². The first-order valence-corrected chi connectivity index (χ1v) is 13.1. The number of anilines is 1. The fourth-order valence-corrected chi connectivity index (χ4v) is 3.77. The molecule has 0 spiro atoms. The van der Waals surface area contributed by atoms with Crippen molar-refractivity contribution in [1.82, 2.24) is 4.98 Å². The number of hydrogen-bond acceptors (Lipinski definition) is 7. The molecule has 0 aliphatic rings. The van der Waals surface area contributed by atoms with Gasteiger partial charge in [-0.25, -0.2) is 4.98 Å². The van der Waals surface area contributed by atoms with Crippen LogP contribution in [0.1, 0.15) is 25.0 Å². The minimum Gasteiger partial charge on any atom is -0.491 e. The van der Waals surface area contributed by atoms with Gasteiger partial charge in [0.15, 0.2) is 0 Å². The van der Waals surface area contributed by atoms with E-state index in [1.54, 1.807) is 53.6 Å². The molecule has 0 saturated heterocycles. The second-order valence-electron chi connectivity index (χ2n) is 7.66. The van der Waals surface area contributed by atoms with E-state index in [1.165, 1.54) is 6.92 Å². The van der Waals surface area contributed by atoms with Gasteiger partial charge in [0.25, 0.3) is 10.1 Å². The molecule has 0 N–H and O–H groups in total. The molecule has 0 saturated carbocycles. The van der Waals surface area contributed by atoms with Gasteiger partial charge in [0.2, 0.25) is 11.8 Å². The van der Waals surface area contributed by atoms with Gasteiger partial charge >= 0.3 is 0 Å². The number of ether oxygens (including phenoxy) is 2. The SMILES string of the molecule is CCc1ccc(OCCOS(C)(=O)=O)c(CN(C(C)=O)c2cccnc2Oc2ccc(Cl)cc2)c1. The van der Waals surface area contributed by atoms with Crippen molar-refractivity contribution < 1.29 is 26.9 Å². The number of benzene rings is 2. The van der Waals surface area contributed by atoms with E-state index in [1.807, 2.05) is 19.1 Å². The van der Waals surface area contributed by atoms with E-state index in [0.717, 1.165) is 23.8 Å². The zero-order valence-corrected chi connectivity index (χ0v) is 21.3. The molecule has 1 aromatic heterocycles. The highest BCUT2D eigenvalue weighted by molar-refractivity contribution is 7.85. The van der Waals surface area contributed by atoms with Crippen molar-refractivity contribution in [2.45, 2.75) is 26.8 Å². The molecule has 8 nitrogen and oxygen atoms in total. The van der Waals surface area contributed by atoms with Gasteiger partial charge in [0, 0.05) is 23.7 Å². The van der Waals surface area contributed by atoms with E-state index in [2.05, 4.69) is 4.98 Å². The Labute approximate surface area is 210 Å². The van der Waals surface area contributed by atoms with Crippen LogP contribution in [0.3, 0.4) is 0 Å². The van der Waals surface area contributed by atoms with Crippen LogP contribution >= 0.6 is 11.6 Å². The third-order valence-corrected chi connectivity index (χ3v) is 5.80. The Hall–Kier alpha value is -3.14. The summed E-state index contributed by atoms with van der Waals surface area (Å²) in [5, 5.41) is 0.578. The van der Waals surface area contributed by atoms with Gasteiger partial charge in [-0.2, -0.15) is 8.42 Å². The van der Waals surface area contributed by atoms with Crippen LogP contribution in [0, 0.1) is 0 Å². The summed E-state index contributed by atoms with van der Waals surface area (Å²) >= 11 is 5.96. The summed E-state index contributed by atoms with van der Waals surface area (Å²) in [6, 6.07) is 16.0. The number of carbonyl (C=O) groups excluding carboxylic acids is 1. The van der Waals surface area contributed by atoms with Gasteiger partial charge in [0.1, 0.15) is 30.4 Å². The second-order valence-corrected chi connectivity index (χ2v) is 9.74. The molecule has 35 heavy (non-hydrogen) atoms. The number of hydrogen-bond donors (Lipinski definition) is 0. The van der Waals surface area contributed by atoms with Crippen LogP contribution in [0.15, 0.2) is 60.8 Å². The molecule has 3 aromatic rings. The molecule has 0 aliphatic heterocycles. The van der Waals surface area contributed by atoms with Gasteiger partial charge in [-0.3, -0.25) is 8.98 Å². The standard InChI is InChI=1S/C25H27ClN2O6S/c1-4-19-7-12-24(32-14-15-33-35(3,30)31)20(16-19)17-28(18(2)29)23-6-5-13-27-25(23)34-22-10-8-21(26)9-11-22/h5-13,16H,4,14-15,17H2,1-3H3. The van der Waals surface area contributed by atoms with Crippen molar-refractivity contribution in [2.24, 2.45) is 0 Å². The molecule has 0 bridgehead atoms. The Balaban J connectivity index is 1.88. The largest absolute Gasteiger partial charge is 0.491 e. The van der Waals surface area contributed by atoms with E-state index in [0.29, 0.717) is 22.2 Å². The molecule has 0 radical (unpaired) electrons. The summed E-state index contributed by atoms with van der Waals surface area (Å²) in [6.45, 7) is 3.59. The van der Waals surface area contributed by atoms with Gasteiger partial charge < -0.3 is 14.4 Å². The smallest absolute Gasteiger partial charge is 0.264 e. The first-order valence-electron chi connectivity index (χ1n) is 10.9. The number of amides is 1. The predicted molar refractivity (Wildman–Crippen MR) is 135 cm³/mol. The molecule has 10 heteroatoms. The zero-order valence-electron chi connectivity index (χ0n) is 19.7. The fraction of sp³-hybridized carbons (Fsp3) is 0.280. The maximum Gasteiger partial charge on any atom is 0.264 e. The molecule has 0 fully saturated rings. The number of pyridine rings is 1. The summed E-state index contributed by atoms with van der Waals surface area (Å²) in [7, 11) is -3.56. The first kappa shape index (κ1) is 26.5. The number of aromatic nitrogens is 1. The third kappa shape index (κ3) is 7.95. The Kier molecular flexibility index (Phi) is 9.08. The Morgan fingerprint density at radius 2 is 1.83 bits per heavy atom. The van der Waals surface area contributed by atoms with Gasteiger partial charge in [-0.05, 0) is 54.4 Å². The molecule has 0 aliphatic carbocycles. The first-order chi connectivity index (χ1) is 16.7. The highest BCUT2D eigenvalue weighted by Crippen LogP contribution is 2.33. The normalized spacial score (nSPS) is 11.2. The van der Waals surface area contributed by atoms with Crippen LogP contribution in [0.2, 0.25) is 5.02 Å². The summed E-state index contributed by atoms with van der Waals surface area (Å²) in [4.78, 5) is 18.6. The molecule has 0 atom stereocenters. The number of carbonyl (C=O) groups is 1. The number of nitrogens with zero attached hydrogens (tertiary/aromatic N) is 2. The summed E-state index contributed by atoms with van der Waals surface area (Å²) < 4.78 is 38.9. The van der Waals surface area contributed by atoms with E-state index in [4.69, 9.17) is 25.3 Å². The topological polar surface area (TPSA) is 95.0 Å². The van der Waals surface area contributed by atoms with Gasteiger partial charge in [-0.15, -0.1) is 0 Å². The van der Waals surface area contributed by atoms with Gasteiger partial charge in [0.05, 0.1) is 12.8 Å². The van der Waals surface area contributed by atoms with E-state index in [9.17, 15) is 13.2 Å². The Morgan fingerprint density at radius 3 is 2.49 bits per heavy atom. The van der Waals surface area contributed by atoms with Crippen molar-refractivity contribution in [2.75, 3.05) is 24.4 Å². The minimum absolute atomic E-state index is 0.0312. The fourth-order valence-electron chi connectivity index (χ4n) is 3.27. The number of aryl methyl sites for hydroxylation is 1. The number of rotatable bonds is 11. The lowest BCUT2D eigenvalue weighted by Gasteiger charge is -2.24. The lowest BCUT2D eigenvalue weighted by molar-refractivity contribution is -0.116. The number of halogens is 1. The van der Waals surface area contributed by atoms with Crippen molar-refractivity contribution in [3.63, 3.8) is 0 Å². The molecule has 3 rings (SSSR count). The molecule has 1 amide bonds. The van der Waals surface area contributed by atoms with Crippen LogP contribution in [0.5, 0.6) is 17.4 Å². The molecule has 2 aromatic carbocycles. The molecular formula is C25H27ClN2O6S. The Bertz CT molecular complexity index is 1270. The monoisotopic (exact) mass is 518 g/mol. The van der Waals surface area contributed by atoms with E-state index in [-0.39, 0.29) is 31.5 Å². The van der Waals surface area contributed by atoms with Crippen LogP contribution in [-0.4, -0.2) is 38.8 Å². The van der Waals surface area contributed by atoms with Gasteiger partial charge in [-0.1, -0.05) is 30.7 Å². The summed E-state index contributed by atoms with van der Waals surface area (Å²) in [5.74, 6) is 1.10. The van der Waals surface area contributed by atoms with Crippen LogP contribution in [0.25, 0.3) is 0 Å². The van der Waals surface area contributed by atoms with Crippen LogP contribution < -0.4 is 14.4 Å². The second kappa shape index (κ2) is 12.0.